The zero-order valence-electron chi connectivity index (χ0n) is 8.78. The Labute approximate surface area is 94.8 Å². The fraction of sp³-hybridized carbons (Fsp3) is 0.545. The fourth-order valence-corrected chi connectivity index (χ4v) is 2.88. The average Bonchev–Trinajstić information content (AvgIpc) is 2.29. The van der Waals surface area contributed by atoms with E-state index in [-0.39, 0.29) is 0 Å². The number of hydrogen-bond donors (Lipinski definition) is 2. The van der Waals surface area contributed by atoms with Crippen LogP contribution >= 0.6 is 11.8 Å². The number of nitrogens with zero attached hydrogens (tertiary/aromatic N) is 1. The van der Waals surface area contributed by atoms with Crippen LogP contribution in [-0.2, 0) is 0 Å². The number of nitrogens with one attached hydrogen (secondary N) is 1. The maximum atomic E-state index is 5.84. The van der Waals surface area contributed by atoms with Gasteiger partial charge in [0.05, 0.1) is 11.9 Å². The number of hydrogen-bond acceptors (Lipinski definition) is 4. The zero-order valence-corrected chi connectivity index (χ0v) is 9.59. The van der Waals surface area contributed by atoms with Crippen LogP contribution in [0.2, 0.25) is 0 Å². The van der Waals surface area contributed by atoms with E-state index in [4.69, 9.17) is 5.73 Å². The molecule has 82 valence electrons. The molecule has 1 saturated heterocycles. The van der Waals surface area contributed by atoms with Crippen molar-refractivity contribution in [2.24, 2.45) is 5.92 Å². The molecule has 15 heavy (non-hydrogen) atoms. The lowest BCUT2D eigenvalue weighted by Crippen LogP contribution is -2.30. The molecule has 0 amide bonds. The number of anilines is 1. The normalized spacial score (nSPS) is 21.5. The third-order valence-electron chi connectivity index (χ3n) is 2.68. The van der Waals surface area contributed by atoms with Crippen LogP contribution in [0.1, 0.15) is 12.8 Å². The van der Waals surface area contributed by atoms with Crippen LogP contribution in [0.3, 0.4) is 0 Å². The summed E-state index contributed by atoms with van der Waals surface area (Å²) in [5.74, 6) is 1.94. The second kappa shape index (κ2) is 5.37. The number of rotatable bonds is 3. The Kier molecular flexibility index (Phi) is 3.86. The molecule has 1 aromatic rings. The van der Waals surface area contributed by atoms with Gasteiger partial charge >= 0.3 is 0 Å². The smallest absolute Gasteiger partial charge is 0.0638 e. The lowest BCUT2D eigenvalue weighted by molar-refractivity contribution is 0.410. The lowest BCUT2D eigenvalue weighted by atomic mass is 10.0. The van der Waals surface area contributed by atoms with Gasteiger partial charge in [0.25, 0.3) is 0 Å². The number of aromatic nitrogens is 1. The second-order valence-electron chi connectivity index (χ2n) is 3.94. The topological polar surface area (TPSA) is 50.9 Å². The van der Waals surface area contributed by atoms with Crippen molar-refractivity contribution in [2.75, 3.05) is 24.6 Å². The first-order valence-corrected chi connectivity index (χ1v) is 6.38. The number of pyridine rings is 1. The van der Waals surface area contributed by atoms with E-state index >= 15 is 0 Å². The minimum Gasteiger partial charge on any atom is -0.397 e. The molecular weight excluding hydrogens is 206 g/mol. The lowest BCUT2D eigenvalue weighted by Gasteiger charge is -2.22. The van der Waals surface area contributed by atoms with Gasteiger partial charge in [-0.25, -0.2) is 0 Å². The summed E-state index contributed by atoms with van der Waals surface area (Å²) in [6.45, 7) is 2.33. The molecule has 0 radical (unpaired) electrons. The van der Waals surface area contributed by atoms with Gasteiger partial charge in [-0.15, -0.1) is 11.8 Å². The van der Waals surface area contributed by atoms with E-state index in [2.05, 4.69) is 10.3 Å². The number of piperidine rings is 1. The highest BCUT2D eigenvalue weighted by molar-refractivity contribution is 7.99. The molecule has 0 aromatic carbocycles. The van der Waals surface area contributed by atoms with Gasteiger partial charge in [-0.3, -0.25) is 4.98 Å². The molecule has 4 heteroatoms. The molecular formula is C11H17N3S. The molecule has 1 aromatic heterocycles. The van der Waals surface area contributed by atoms with Gasteiger partial charge < -0.3 is 11.1 Å². The predicted molar refractivity (Wildman–Crippen MR) is 65.0 cm³/mol. The third kappa shape index (κ3) is 3.11. The predicted octanol–water partition coefficient (Wildman–Crippen LogP) is 1.76. The number of nitrogen functional groups attached to an aromatic ring is 1. The van der Waals surface area contributed by atoms with E-state index in [1.807, 2.05) is 17.8 Å². The van der Waals surface area contributed by atoms with E-state index in [1.165, 1.54) is 19.4 Å². The maximum Gasteiger partial charge on any atom is 0.0638 e. The molecule has 2 rings (SSSR count). The largest absolute Gasteiger partial charge is 0.397 e. The van der Waals surface area contributed by atoms with Gasteiger partial charge in [0.1, 0.15) is 0 Å². The van der Waals surface area contributed by atoms with Crippen molar-refractivity contribution >= 4 is 17.4 Å². The van der Waals surface area contributed by atoms with Crippen molar-refractivity contribution in [3.8, 4) is 0 Å². The molecule has 0 saturated carbocycles. The Morgan fingerprint density at radius 1 is 1.60 bits per heavy atom. The van der Waals surface area contributed by atoms with Crippen molar-refractivity contribution in [3.05, 3.63) is 18.5 Å². The first kappa shape index (κ1) is 10.8. The quantitative estimate of drug-likeness (QED) is 0.767. The van der Waals surface area contributed by atoms with Gasteiger partial charge in [-0.05, 0) is 37.9 Å². The highest BCUT2D eigenvalue weighted by atomic mass is 32.2. The van der Waals surface area contributed by atoms with Crippen LogP contribution in [0.15, 0.2) is 23.4 Å². The molecule has 1 unspecified atom stereocenters. The minimum absolute atomic E-state index is 0.788. The first-order valence-electron chi connectivity index (χ1n) is 5.39. The Bertz CT molecular complexity index is 310. The molecule has 1 fully saturated rings. The Morgan fingerprint density at radius 2 is 2.53 bits per heavy atom. The molecule has 1 atom stereocenters. The average molecular weight is 223 g/mol. The molecule has 0 bridgehead atoms. The SMILES string of the molecule is Nc1cnccc1SCC1CCCNC1. The number of nitrogens with two attached hydrogens (primary N) is 1. The van der Waals surface area contributed by atoms with Crippen LogP contribution in [-0.4, -0.2) is 23.8 Å². The highest BCUT2D eigenvalue weighted by Crippen LogP contribution is 2.27. The molecule has 3 nitrogen and oxygen atoms in total. The third-order valence-corrected chi connectivity index (χ3v) is 4.00. The summed E-state index contributed by atoms with van der Waals surface area (Å²) in [6.07, 6.45) is 6.17. The van der Waals surface area contributed by atoms with Crippen LogP contribution in [0.4, 0.5) is 5.69 Å². The van der Waals surface area contributed by atoms with Crippen molar-refractivity contribution in [2.45, 2.75) is 17.7 Å². The van der Waals surface area contributed by atoms with Gasteiger partial charge in [0.15, 0.2) is 0 Å². The van der Waals surface area contributed by atoms with E-state index in [1.54, 1.807) is 12.4 Å². The Hall–Kier alpha value is -0.740. The molecule has 0 spiro atoms. The monoisotopic (exact) mass is 223 g/mol. The molecule has 3 N–H and O–H groups in total. The van der Waals surface area contributed by atoms with E-state index in [9.17, 15) is 0 Å². The maximum absolute atomic E-state index is 5.84. The summed E-state index contributed by atoms with van der Waals surface area (Å²) in [5.41, 5.74) is 6.63. The van der Waals surface area contributed by atoms with Gasteiger partial charge in [0.2, 0.25) is 0 Å². The molecule has 2 heterocycles. The highest BCUT2D eigenvalue weighted by Gasteiger charge is 2.13. The Balaban J connectivity index is 1.84. The zero-order chi connectivity index (χ0) is 10.5. The van der Waals surface area contributed by atoms with E-state index < -0.39 is 0 Å². The molecule has 1 aliphatic heterocycles. The van der Waals surface area contributed by atoms with Gasteiger partial charge in [0, 0.05) is 16.8 Å². The van der Waals surface area contributed by atoms with Crippen molar-refractivity contribution < 1.29 is 0 Å². The standard InChI is InChI=1S/C11H17N3S/c12-10-7-14-5-3-11(10)15-8-9-2-1-4-13-6-9/h3,5,7,9,13H,1-2,4,6,8,12H2. The van der Waals surface area contributed by atoms with Gasteiger partial charge in [-0.2, -0.15) is 0 Å². The van der Waals surface area contributed by atoms with Gasteiger partial charge in [-0.1, -0.05) is 0 Å². The fourth-order valence-electron chi connectivity index (χ4n) is 1.80. The van der Waals surface area contributed by atoms with E-state index in [0.29, 0.717) is 0 Å². The summed E-state index contributed by atoms with van der Waals surface area (Å²) in [6, 6.07) is 2.00. The Morgan fingerprint density at radius 3 is 3.27 bits per heavy atom. The van der Waals surface area contributed by atoms with Crippen molar-refractivity contribution in [1.29, 1.82) is 0 Å². The van der Waals surface area contributed by atoms with Crippen LogP contribution in [0, 0.1) is 5.92 Å². The summed E-state index contributed by atoms with van der Waals surface area (Å²) in [5, 5.41) is 3.43. The summed E-state index contributed by atoms with van der Waals surface area (Å²) >= 11 is 1.85. The second-order valence-corrected chi connectivity index (χ2v) is 5.00. The molecule has 0 aliphatic carbocycles. The summed E-state index contributed by atoms with van der Waals surface area (Å²) < 4.78 is 0. The van der Waals surface area contributed by atoms with E-state index in [0.717, 1.165) is 28.8 Å². The van der Waals surface area contributed by atoms with Crippen molar-refractivity contribution in [3.63, 3.8) is 0 Å². The van der Waals surface area contributed by atoms with Crippen LogP contribution < -0.4 is 11.1 Å². The molecule has 1 aliphatic rings. The van der Waals surface area contributed by atoms with Crippen molar-refractivity contribution in [1.82, 2.24) is 10.3 Å². The van der Waals surface area contributed by atoms with Crippen LogP contribution in [0.5, 0.6) is 0 Å². The summed E-state index contributed by atoms with van der Waals surface area (Å²) in [4.78, 5) is 5.15. The minimum atomic E-state index is 0.788. The van der Waals surface area contributed by atoms with Crippen LogP contribution in [0.25, 0.3) is 0 Å². The number of thioether (sulfide) groups is 1. The first-order chi connectivity index (χ1) is 7.36. The summed E-state index contributed by atoms with van der Waals surface area (Å²) in [7, 11) is 0.